The maximum absolute atomic E-state index is 14.0. The first kappa shape index (κ1) is 21.9. The molecule has 4 unspecified atom stereocenters. The van der Waals surface area contributed by atoms with Crippen LogP contribution < -0.4 is 10.2 Å². The number of hydrogen-bond acceptors (Lipinski definition) is 5. The summed E-state index contributed by atoms with van der Waals surface area (Å²) < 4.78 is 74.0. The Morgan fingerprint density at radius 3 is 2.47 bits per heavy atom. The predicted molar refractivity (Wildman–Crippen MR) is 118 cm³/mol. The average Bonchev–Trinajstić information content (AvgIpc) is 3.59. The quantitative estimate of drug-likeness (QED) is 0.508. The summed E-state index contributed by atoms with van der Waals surface area (Å²) in [7, 11) is -0.323. The van der Waals surface area contributed by atoms with E-state index in [9.17, 15) is 26.4 Å². The van der Waals surface area contributed by atoms with Gasteiger partial charge in [-0.15, -0.1) is 0 Å². The zero-order chi connectivity index (χ0) is 24.2. The second-order valence-electron chi connectivity index (χ2n) is 10.0. The number of hydrogen-bond donors (Lipinski definition) is 1. The van der Waals surface area contributed by atoms with Crippen molar-refractivity contribution in [3.63, 3.8) is 0 Å². The van der Waals surface area contributed by atoms with E-state index in [4.69, 9.17) is 4.74 Å². The van der Waals surface area contributed by atoms with Crippen LogP contribution in [0.25, 0.3) is 0 Å². The van der Waals surface area contributed by atoms with Crippen LogP contribution in [0.1, 0.15) is 29.6 Å². The van der Waals surface area contributed by atoms with Crippen molar-refractivity contribution in [3.05, 3.63) is 53.3 Å². The largest absolute Gasteiger partial charge is 0.377 e. The summed E-state index contributed by atoms with van der Waals surface area (Å²) in [5.41, 5.74) is 0.147. The maximum atomic E-state index is 14.0. The van der Waals surface area contributed by atoms with Gasteiger partial charge >= 0.3 is 0 Å². The number of ether oxygens (including phenoxy) is 1. The van der Waals surface area contributed by atoms with E-state index in [1.807, 2.05) is 0 Å². The lowest BCUT2D eigenvalue weighted by Crippen LogP contribution is -2.41. The van der Waals surface area contributed by atoms with Gasteiger partial charge < -0.3 is 15.0 Å². The van der Waals surface area contributed by atoms with Crippen LogP contribution in [0.2, 0.25) is 0 Å². The molecule has 1 heterocycles. The van der Waals surface area contributed by atoms with Gasteiger partial charge in [-0.2, -0.15) is 0 Å². The number of rotatable bonds is 5. The Morgan fingerprint density at radius 1 is 1.12 bits per heavy atom. The third kappa shape index (κ3) is 2.97. The van der Waals surface area contributed by atoms with Gasteiger partial charge in [0, 0.05) is 43.4 Å². The summed E-state index contributed by atoms with van der Waals surface area (Å²) in [6.45, 7) is 0. The lowest BCUT2D eigenvalue weighted by atomic mass is 9.86. The Kier molecular flexibility index (Phi) is 4.49. The highest BCUT2D eigenvalue weighted by Crippen LogP contribution is 2.77. The lowest BCUT2D eigenvalue weighted by molar-refractivity contribution is 0.0824. The number of sulfone groups is 1. The van der Waals surface area contributed by atoms with Crippen molar-refractivity contribution in [2.45, 2.75) is 41.1 Å². The first-order valence-corrected chi connectivity index (χ1v) is 12.8. The number of carbonyl (C=O) groups excluding carboxylic acids is 1. The number of anilines is 2. The summed E-state index contributed by atoms with van der Waals surface area (Å²) >= 11 is 0. The summed E-state index contributed by atoms with van der Waals surface area (Å²) in [6, 6.07) is 5.66. The van der Waals surface area contributed by atoms with Crippen molar-refractivity contribution >= 4 is 27.1 Å². The zero-order valence-electron chi connectivity index (χ0n) is 18.5. The molecule has 0 radical (unpaired) electrons. The van der Waals surface area contributed by atoms with Crippen LogP contribution in [0, 0.1) is 35.2 Å². The van der Waals surface area contributed by atoms with Gasteiger partial charge in [0.2, 0.25) is 0 Å². The van der Waals surface area contributed by atoms with Crippen LogP contribution >= 0.6 is 0 Å². The highest BCUT2D eigenvalue weighted by atomic mass is 32.2. The summed E-state index contributed by atoms with van der Waals surface area (Å²) in [5.74, 6) is -4.87. The number of fused-ring (bicyclic) bond motifs is 4. The number of benzene rings is 2. The van der Waals surface area contributed by atoms with E-state index in [0.29, 0.717) is 23.7 Å². The molecule has 1 amide bonds. The molecular formula is C24H23F3N2O4S. The molecular weight excluding hydrogens is 469 g/mol. The second-order valence-corrected chi connectivity index (χ2v) is 12.1. The van der Waals surface area contributed by atoms with Crippen LogP contribution in [0.15, 0.2) is 35.2 Å². The summed E-state index contributed by atoms with van der Waals surface area (Å²) in [6.07, 6.45) is 2.69. The molecule has 2 bridgehead atoms. The molecule has 4 fully saturated rings. The van der Waals surface area contributed by atoms with Crippen LogP contribution in [0.5, 0.6) is 0 Å². The second kappa shape index (κ2) is 6.97. The summed E-state index contributed by atoms with van der Waals surface area (Å²) in [4.78, 5) is 14.6. The Hall–Kier alpha value is -2.59. The Morgan fingerprint density at radius 2 is 1.82 bits per heavy atom. The van der Waals surface area contributed by atoms with Crippen molar-refractivity contribution < 1.29 is 31.1 Å². The Balaban J connectivity index is 1.34. The van der Waals surface area contributed by atoms with E-state index in [0.717, 1.165) is 19.3 Å². The molecule has 10 heteroatoms. The van der Waals surface area contributed by atoms with Crippen molar-refractivity contribution in [1.82, 2.24) is 0 Å². The summed E-state index contributed by atoms with van der Waals surface area (Å²) in [5, 5.41) is 1.80. The fourth-order valence-corrected chi connectivity index (χ4v) is 9.02. The molecule has 6 nitrogen and oxygen atoms in total. The van der Waals surface area contributed by atoms with E-state index in [1.54, 1.807) is 25.1 Å². The van der Waals surface area contributed by atoms with Crippen molar-refractivity contribution in [2.75, 3.05) is 24.3 Å². The van der Waals surface area contributed by atoms with Gasteiger partial charge in [0.15, 0.2) is 27.3 Å². The number of nitrogens with zero attached hydrogens (tertiary/aromatic N) is 1. The molecule has 4 aliphatic rings. The third-order valence-corrected chi connectivity index (χ3v) is 10.4. The lowest BCUT2D eigenvalue weighted by Gasteiger charge is -2.33. The number of amides is 1. The van der Waals surface area contributed by atoms with Gasteiger partial charge in [0.1, 0.15) is 5.60 Å². The number of epoxide rings is 1. The zero-order valence-corrected chi connectivity index (χ0v) is 19.3. The topological polar surface area (TPSA) is 79.0 Å². The average molecular weight is 493 g/mol. The molecule has 3 saturated carbocycles. The first-order chi connectivity index (χ1) is 16.0. The minimum Gasteiger partial charge on any atom is -0.377 e. The molecule has 1 spiro atoms. The van der Waals surface area contributed by atoms with E-state index in [1.165, 1.54) is 12.1 Å². The molecule has 2 aromatic carbocycles. The van der Waals surface area contributed by atoms with Crippen LogP contribution in [-0.2, 0) is 14.6 Å². The molecule has 180 valence electrons. The minimum atomic E-state index is -3.78. The molecule has 34 heavy (non-hydrogen) atoms. The fraction of sp³-hybridized carbons (Fsp3) is 0.458. The SMILES string of the molecule is CN(C)c1ccc(C(=O)Nc2cc(F)c(F)c(F)c2)cc1S(=O)(=O)[C@H]1C2CCC1C1C3O[C@]31C2. The monoisotopic (exact) mass is 492 g/mol. The smallest absolute Gasteiger partial charge is 0.255 e. The van der Waals surface area contributed by atoms with Crippen LogP contribution in [-0.4, -0.2) is 45.4 Å². The Labute approximate surface area is 195 Å². The highest BCUT2D eigenvalue weighted by Gasteiger charge is 2.87. The normalized spacial score (nSPS) is 32.6. The minimum absolute atomic E-state index is 0.0199. The van der Waals surface area contributed by atoms with E-state index in [2.05, 4.69) is 5.32 Å². The standard InChI is InChI=1S/C24H23F3N2O4S/c1-29(2)17-6-4-11(23(30)28-13-8-15(25)20(27)16(26)9-13)7-18(17)34(31,32)21-12-3-5-14(21)19-22-24(19,10-12)33-22/h4,6-9,12,14,19,21-22H,3,5,10H2,1-2H3,(H,28,30)/t12?,14?,19?,21-,22?,24-/m0/s1. The molecule has 6 atom stereocenters. The van der Waals surface area contributed by atoms with Gasteiger partial charge in [0.05, 0.1) is 21.9 Å². The maximum Gasteiger partial charge on any atom is 0.255 e. The number of nitrogens with one attached hydrogen (secondary N) is 1. The van der Waals surface area contributed by atoms with Crippen molar-refractivity contribution in [3.8, 4) is 0 Å². The van der Waals surface area contributed by atoms with E-state index < -0.39 is 38.4 Å². The Bertz CT molecular complexity index is 1320. The highest BCUT2D eigenvalue weighted by molar-refractivity contribution is 7.92. The van der Waals surface area contributed by atoms with Gasteiger partial charge in [0.25, 0.3) is 5.91 Å². The molecule has 1 saturated heterocycles. The number of halogens is 3. The molecule has 0 aromatic heterocycles. The van der Waals surface area contributed by atoms with Gasteiger partial charge in [-0.3, -0.25) is 4.79 Å². The molecule has 3 aliphatic carbocycles. The third-order valence-electron chi connectivity index (χ3n) is 7.96. The van der Waals surface area contributed by atoms with Gasteiger partial charge in [-0.25, -0.2) is 21.6 Å². The van der Waals surface area contributed by atoms with Crippen molar-refractivity contribution in [2.24, 2.45) is 17.8 Å². The van der Waals surface area contributed by atoms with E-state index >= 15 is 0 Å². The van der Waals surface area contributed by atoms with Crippen LogP contribution in [0.4, 0.5) is 24.5 Å². The number of carbonyl (C=O) groups is 1. The predicted octanol–water partition coefficient (Wildman–Crippen LogP) is 3.76. The van der Waals surface area contributed by atoms with E-state index in [-0.39, 0.29) is 39.7 Å². The molecule has 1 aliphatic heterocycles. The molecule has 1 N–H and O–H groups in total. The fourth-order valence-electron chi connectivity index (χ4n) is 6.39. The molecule has 2 aromatic rings. The van der Waals surface area contributed by atoms with Crippen molar-refractivity contribution in [1.29, 1.82) is 0 Å². The first-order valence-electron chi connectivity index (χ1n) is 11.2. The van der Waals surface area contributed by atoms with Gasteiger partial charge in [-0.1, -0.05) is 0 Å². The van der Waals surface area contributed by atoms with Crippen LogP contribution in [0.3, 0.4) is 0 Å². The van der Waals surface area contributed by atoms with Gasteiger partial charge in [-0.05, 0) is 49.3 Å². The molecule has 6 rings (SSSR count).